The van der Waals surface area contributed by atoms with E-state index >= 15 is 0 Å². The average molecular weight is 280 g/mol. The Morgan fingerprint density at radius 2 is 2.00 bits per heavy atom. The maximum absolute atomic E-state index is 12.3. The number of amides is 1. The van der Waals surface area contributed by atoms with Crippen LogP contribution in [-0.4, -0.2) is 39.3 Å². The van der Waals surface area contributed by atoms with Crippen LogP contribution in [0.3, 0.4) is 0 Å². The lowest BCUT2D eigenvalue weighted by atomic mass is 9.97. The SMILES string of the molecule is COc1c(C2C(N)CC(=O)N2C(C)(C)C)c(C)nn1C. The molecule has 1 aliphatic rings. The molecule has 2 N–H and O–H groups in total. The molecular formula is C14H24N4O2. The molecule has 20 heavy (non-hydrogen) atoms. The number of methoxy groups -OCH3 is 1. The molecule has 1 amide bonds. The number of ether oxygens (including phenoxy) is 1. The van der Waals surface area contributed by atoms with Crippen LogP contribution >= 0.6 is 0 Å². The molecule has 0 aromatic carbocycles. The number of rotatable bonds is 2. The minimum Gasteiger partial charge on any atom is -0.481 e. The summed E-state index contributed by atoms with van der Waals surface area (Å²) in [4.78, 5) is 14.2. The van der Waals surface area contributed by atoms with Gasteiger partial charge in [0, 0.05) is 25.0 Å². The van der Waals surface area contributed by atoms with Crippen LogP contribution in [0, 0.1) is 6.92 Å². The molecule has 2 rings (SSSR count). The first-order valence-corrected chi connectivity index (χ1v) is 6.83. The Morgan fingerprint density at radius 3 is 2.50 bits per heavy atom. The number of hydrogen-bond acceptors (Lipinski definition) is 4. The zero-order chi connectivity index (χ0) is 15.2. The van der Waals surface area contributed by atoms with Gasteiger partial charge in [-0.05, 0) is 27.7 Å². The molecule has 2 atom stereocenters. The van der Waals surface area contributed by atoms with Gasteiger partial charge < -0.3 is 15.4 Å². The molecular weight excluding hydrogens is 256 g/mol. The topological polar surface area (TPSA) is 73.4 Å². The summed E-state index contributed by atoms with van der Waals surface area (Å²) in [7, 11) is 3.45. The maximum atomic E-state index is 12.3. The van der Waals surface area contributed by atoms with Crippen molar-refractivity contribution in [3.8, 4) is 5.88 Å². The molecule has 1 saturated heterocycles. The third-order valence-electron chi connectivity index (χ3n) is 3.79. The standard InChI is InChI=1S/C14H24N4O2/c1-8-11(13(20-6)17(5)16-8)12-9(15)7-10(19)18(12)14(2,3)4/h9,12H,7,15H2,1-6H3. The van der Waals surface area contributed by atoms with E-state index in [2.05, 4.69) is 5.10 Å². The summed E-state index contributed by atoms with van der Waals surface area (Å²) in [5.74, 6) is 0.757. The monoisotopic (exact) mass is 280 g/mol. The van der Waals surface area contributed by atoms with Gasteiger partial charge in [0.1, 0.15) is 0 Å². The molecule has 2 unspecified atom stereocenters. The van der Waals surface area contributed by atoms with E-state index in [-0.39, 0.29) is 23.5 Å². The van der Waals surface area contributed by atoms with E-state index in [0.29, 0.717) is 12.3 Å². The van der Waals surface area contributed by atoms with Crippen molar-refractivity contribution in [1.29, 1.82) is 0 Å². The first-order valence-electron chi connectivity index (χ1n) is 6.83. The zero-order valence-electron chi connectivity index (χ0n) is 13.1. The van der Waals surface area contributed by atoms with Crippen molar-refractivity contribution < 1.29 is 9.53 Å². The van der Waals surface area contributed by atoms with Crippen molar-refractivity contribution in [2.75, 3.05) is 7.11 Å². The van der Waals surface area contributed by atoms with Crippen LogP contribution in [-0.2, 0) is 11.8 Å². The third-order valence-corrected chi connectivity index (χ3v) is 3.79. The zero-order valence-corrected chi connectivity index (χ0v) is 13.1. The van der Waals surface area contributed by atoms with Gasteiger partial charge in [0.15, 0.2) is 0 Å². The number of hydrogen-bond donors (Lipinski definition) is 1. The average Bonchev–Trinajstić information content (AvgIpc) is 2.73. The molecule has 1 aliphatic heterocycles. The van der Waals surface area contributed by atoms with Gasteiger partial charge in [-0.15, -0.1) is 0 Å². The molecule has 1 fully saturated rings. The van der Waals surface area contributed by atoms with E-state index in [1.807, 2.05) is 39.6 Å². The van der Waals surface area contributed by atoms with Crippen LogP contribution in [0.1, 0.15) is 44.5 Å². The van der Waals surface area contributed by atoms with Crippen LogP contribution < -0.4 is 10.5 Å². The Hall–Kier alpha value is -1.56. The molecule has 0 aliphatic carbocycles. The molecule has 0 bridgehead atoms. The predicted molar refractivity (Wildman–Crippen MR) is 76.4 cm³/mol. The molecule has 1 aromatic heterocycles. The summed E-state index contributed by atoms with van der Waals surface area (Å²) in [6, 6.07) is -0.426. The largest absolute Gasteiger partial charge is 0.481 e. The highest BCUT2D eigenvalue weighted by Crippen LogP contribution is 2.42. The summed E-state index contributed by atoms with van der Waals surface area (Å²) in [5.41, 5.74) is 7.72. The molecule has 6 nitrogen and oxygen atoms in total. The molecule has 1 aromatic rings. The Kier molecular flexibility index (Phi) is 3.54. The molecule has 2 heterocycles. The van der Waals surface area contributed by atoms with Gasteiger partial charge in [0.2, 0.25) is 11.8 Å². The first kappa shape index (κ1) is 14.8. The first-order chi connectivity index (χ1) is 9.18. The van der Waals surface area contributed by atoms with Gasteiger partial charge in [-0.1, -0.05) is 0 Å². The predicted octanol–water partition coefficient (Wildman–Crippen LogP) is 1.14. The van der Waals surface area contributed by atoms with Crippen LogP contribution in [0.25, 0.3) is 0 Å². The van der Waals surface area contributed by atoms with Crippen molar-refractivity contribution in [2.24, 2.45) is 12.8 Å². The number of aryl methyl sites for hydroxylation is 2. The smallest absolute Gasteiger partial charge is 0.225 e. The van der Waals surface area contributed by atoms with Gasteiger partial charge >= 0.3 is 0 Å². The van der Waals surface area contributed by atoms with Crippen LogP contribution in [0.5, 0.6) is 5.88 Å². The Bertz CT molecular complexity index is 530. The second-order valence-corrected chi connectivity index (χ2v) is 6.38. The Morgan fingerprint density at radius 1 is 1.40 bits per heavy atom. The Labute approximate surface area is 119 Å². The van der Waals surface area contributed by atoms with Crippen LogP contribution in [0.2, 0.25) is 0 Å². The number of aromatic nitrogens is 2. The normalized spacial score (nSPS) is 23.6. The van der Waals surface area contributed by atoms with E-state index in [0.717, 1.165) is 11.3 Å². The number of carbonyl (C=O) groups is 1. The molecule has 0 saturated carbocycles. The Balaban J connectivity index is 2.57. The van der Waals surface area contributed by atoms with Crippen molar-refractivity contribution in [2.45, 2.75) is 51.7 Å². The van der Waals surface area contributed by atoms with E-state index in [1.54, 1.807) is 11.8 Å². The van der Waals surface area contributed by atoms with Gasteiger partial charge in [0.05, 0.1) is 24.4 Å². The minimum absolute atomic E-state index is 0.0836. The number of nitrogens with two attached hydrogens (primary N) is 1. The van der Waals surface area contributed by atoms with Crippen molar-refractivity contribution in [3.63, 3.8) is 0 Å². The maximum Gasteiger partial charge on any atom is 0.225 e. The summed E-state index contributed by atoms with van der Waals surface area (Å²) in [6.45, 7) is 7.99. The number of carbonyl (C=O) groups excluding carboxylic acids is 1. The summed E-state index contributed by atoms with van der Waals surface area (Å²) >= 11 is 0. The molecule has 0 radical (unpaired) electrons. The van der Waals surface area contributed by atoms with Crippen LogP contribution in [0.4, 0.5) is 0 Å². The van der Waals surface area contributed by atoms with Crippen molar-refractivity contribution in [3.05, 3.63) is 11.3 Å². The van der Waals surface area contributed by atoms with E-state index in [1.165, 1.54) is 0 Å². The number of likely N-dealkylation sites (tertiary alicyclic amines) is 1. The molecule has 0 spiro atoms. The summed E-state index contributed by atoms with van der Waals surface area (Å²) < 4.78 is 7.16. The quantitative estimate of drug-likeness (QED) is 0.881. The van der Waals surface area contributed by atoms with Crippen molar-refractivity contribution >= 4 is 5.91 Å². The lowest BCUT2D eigenvalue weighted by molar-refractivity contribution is -0.133. The van der Waals surface area contributed by atoms with Crippen molar-refractivity contribution in [1.82, 2.24) is 14.7 Å². The second kappa shape index (κ2) is 4.77. The van der Waals surface area contributed by atoms with Gasteiger partial charge in [-0.3, -0.25) is 4.79 Å². The van der Waals surface area contributed by atoms with Gasteiger partial charge in [-0.2, -0.15) is 5.10 Å². The van der Waals surface area contributed by atoms with E-state index < -0.39 is 0 Å². The van der Waals surface area contributed by atoms with E-state index in [4.69, 9.17) is 10.5 Å². The fourth-order valence-corrected chi connectivity index (χ4v) is 3.13. The summed E-state index contributed by atoms with van der Waals surface area (Å²) in [5, 5.41) is 4.40. The third kappa shape index (κ3) is 2.18. The molecule has 112 valence electrons. The highest BCUT2D eigenvalue weighted by molar-refractivity contribution is 5.81. The highest BCUT2D eigenvalue weighted by atomic mass is 16.5. The van der Waals surface area contributed by atoms with Gasteiger partial charge in [0.25, 0.3) is 0 Å². The van der Waals surface area contributed by atoms with Crippen LogP contribution in [0.15, 0.2) is 0 Å². The minimum atomic E-state index is -0.289. The fourth-order valence-electron chi connectivity index (χ4n) is 3.13. The van der Waals surface area contributed by atoms with E-state index in [9.17, 15) is 4.79 Å². The summed E-state index contributed by atoms with van der Waals surface area (Å²) in [6.07, 6.45) is 0.361. The lowest BCUT2D eigenvalue weighted by Crippen LogP contribution is -2.45. The molecule has 6 heteroatoms. The van der Waals surface area contributed by atoms with Gasteiger partial charge in [-0.25, -0.2) is 4.68 Å². The lowest BCUT2D eigenvalue weighted by Gasteiger charge is -2.38. The fraction of sp³-hybridized carbons (Fsp3) is 0.714. The number of nitrogens with zero attached hydrogens (tertiary/aromatic N) is 3. The highest BCUT2D eigenvalue weighted by Gasteiger charge is 2.46. The second-order valence-electron chi connectivity index (χ2n) is 6.38.